The molecule has 2 aliphatic rings. The first-order chi connectivity index (χ1) is 13.3. The Labute approximate surface area is 164 Å². The van der Waals surface area contributed by atoms with E-state index in [0.29, 0.717) is 19.5 Å². The zero-order chi connectivity index (χ0) is 19.9. The molecule has 2 aromatic rings. The van der Waals surface area contributed by atoms with Gasteiger partial charge in [0.25, 0.3) is 0 Å². The molecule has 1 saturated carbocycles. The quantitative estimate of drug-likeness (QED) is 0.836. The molecular weight excluding hydrogens is 379 g/mol. The number of nitrogens with zero attached hydrogens (tertiary/aromatic N) is 1. The Bertz CT molecular complexity index is 994. The summed E-state index contributed by atoms with van der Waals surface area (Å²) in [7, 11) is -3.28. The summed E-state index contributed by atoms with van der Waals surface area (Å²) in [6, 6.07) is 14.2. The first-order valence-corrected chi connectivity index (χ1v) is 11.3. The molecular formula is C21H23FN2O3S. The van der Waals surface area contributed by atoms with Crippen molar-refractivity contribution < 1.29 is 17.6 Å². The van der Waals surface area contributed by atoms with Crippen LogP contribution in [0.25, 0.3) is 11.1 Å². The highest BCUT2D eigenvalue weighted by Crippen LogP contribution is 2.51. The maximum Gasteiger partial charge on any atom is 0.226 e. The molecule has 2 aromatic carbocycles. The van der Waals surface area contributed by atoms with Gasteiger partial charge in [0.15, 0.2) is 0 Å². The Hall–Kier alpha value is -2.25. The van der Waals surface area contributed by atoms with Gasteiger partial charge in [0.1, 0.15) is 5.82 Å². The van der Waals surface area contributed by atoms with E-state index >= 15 is 0 Å². The average Bonchev–Trinajstić information content (AvgIpc) is 3.32. The van der Waals surface area contributed by atoms with E-state index < -0.39 is 10.0 Å². The van der Waals surface area contributed by atoms with Crippen molar-refractivity contribution in [3.63, 3.8) is 0 Å². The van der Waals surface area contributed by atoms with Crippen LogP contribution in [-0.2, 0) is 14.8 Å². The van der Waals surface area contributed by atoms with E-state index in [1.807, 2.05) is 30.3 Å². The Morgan fingerprint density at radius 2 is 1.93 bits per heavy atom. The fourth-order valence-corrected chi connectivity index (χ4v) is 4.92. The lowest BCUT2D eigenvalue weighted by atomic mass is 9.95. The van der Waals surface area contributed by atoms with Crippen molar-refractivity contribution in [2.75, 3.05) is 19.3 Å². The van der Waals surface area contributed by atoms with Crippen LogP contribution < -0.4 is 4.72 Å². The molecule has 1 aliphatic carbocycles. The van der Waals surface area contributed by atoms with Gasteiger partial charge in [-0.05, 0) is 47.6 Å². The SMILES string of the molecule is CS(=O)(=O)N[C@@H]1CCN(C(=O)[C@@H]2C[C@H]2c2ccc(F)cc2-c2ccccc2)C1. The minimum atomic E-state index is -3.28. The predicted octanol–water partition coefficient (Wildman–Crippen LogP) is 2.75. The van der Waals surface area contributed by atoms with Crippen LogP contribution in [0.1, 0.15) is 24.3 Å². The van der Waals surface area contributed by atoms with Crippen molar-refractivity contribution in [1.29, 1.82) is 0 Å². The molecule has 5 nitrogen and oxygen atoms in total. The van der Waals surface area contributed by atoms with Gasteiger partial charge >= 0.3 is 0 Å². The lowest BCUT2D eigenvalue weighted by Crippen LogP contribution is -2.38. The van der Waals surface area contributed by atoms with Gasteiger partial charge in [0.2, 0.25) is 15.9 Å². The number of likely N-dealkylation sites (tertiary alicyclic amines) is 1. The fraction of sp³-hybridized carbons (Fsp3) is 0.381. The van der Waals surface area contributed by atoms with E-state index in [9.17, 15) is 17.6 Å². The average molecular weight is 402 g/mol. The van der Waals surface area contributed by atoms with Crippen LogP contribution in [-0.4, -0.2) is 44.6 Å². The summed E-state index contributed by atoms with van der Waals surface area (Å²) < 4.78 is 39.2. The third kappa shape index (κ3) is 4.10. The summed E-state index contributed by atoms with van der Waals surface area (Å²) in [5.41, 5.74) is 2.77. The number of benzene rings is 2. The molecule has 2 fully saturated rings. The molecule has 4 rings (SSSR count). The molecule has 1 heterocycles. The van der Waals surface area contributed by atoms with E-state index in [-0.39, 0.29) is 29.6 Å². The molecule has 28 heavy (non-hydrogen) atoms. The lowest BCUT2D eigenvalue weighted by Gasteiger charge is -2.17. The van der Waals surface area contributed by atoms with E-state index in [1.54, 1.807) is 11.0 Å². The first-order valence-electron chi connectivity index (χ1n) is 9.43. The summed E-state index contributed by atoms with van der Waals surface area (Å²) in [6.07, 6.45) is 2.50. The van der Waals surface area contributed by atoms with E-state index in [1.165, 1.54) is 12.1 Å². The highest BCUT2D eigenvalue weighted by atomic mass is 32.2. The second-order valence-corrected chi connectivity index (χ2v) is 9.49. The van der Waals surface area contributed by atoms with Crippen molar-refractivity contribution >= 4 is 15.9 Å². The van der Waals surface area contributed by atoms with E-state index in [2.05, 4.69) is 4.72 Å². The van der Waals surface area contributed by atoms with E-state index in [0.717, 1.165) is 29.4 Å². The monoisotopic (exact) mass is 402 g/mol. The van der Waals surface area contributed by atoms with Gasteiger partial charge in [0, 0.05) is 25.0 Å². The molecule has 1 amide bonds. The van der Waals surface area contributed by atoms with Gasteiger partial charge in [-0.1, -0.05) is 36.4 Å². The lowest BCUT2D eigenvalue weighted by molar-refractivity contribution is -0.131. The molecule has 0 unspecified atom stereocenters. The van der Waals surface area contributed by atoms with Gasteiger partial charge in [0.05, 0.1) is 6.26 Å². The van der Waals surface area contributed by atoms with Crippen molar-refractivity contribution in [2.45, 2.75) is 24.8 Å². The van der Waals surface area contributed by atoms with Gasteiger partial charge in [-0.15, -0.1) is 0 Å². The van der Waals surface area contributed by atoms with Crippen molar-refractivity contribution in [1.82, 2.24) is 9.62 Å². The number of hydrogen-bond donors (Lipinski definition) is 1. The van der Waals surface area contributed by atoms with Crippen molar-refractivity contribution in [2.24, 2.45) is 5.92 Å². The van der Waals surface area contributed by atoms with E-state index in [4.69, 9.17) is 0 Å². The molecule has 148 valence electrons. The van der Waals surface area contributed by atoms with Gasteiger partial charge in [-0.2, -0.15) is 0 Å². The number of nitrogens with one attached hydrogen (secondary N) is 1. The minimum absolute atomic E-state index is 0.0612. The Morgan fingerprint density at radius 1 is 1.18 bits per heavy atom. The smallest absolute Gasteiger partial charge is 0.226 e. The van der Waals surface area contributed by atoms with Crippen LogP contribution in [0.3, 0.4) is 0 Å². The Morgan fingerprint density at radius 3 is 2.64 bits per heavy atom. The molecule has 0 spiro atoms. The van der Waals surface area contributed by atoms with Crippen LogP contribution in [0, 0.1) is 11.7 Å². The summed E-state index contributed by atoms with van der Waals surface area (Å²) in [5.74, 6) is -0.276. The predicted molar refractivity (Wildman–Crippen MR) is 106 cm³/mol. The van der Waals surface area contributed by atoms with Crippen LogP contribution in [0.2, 0.25) is 0 Å². The number of carbonyl (C=O) groups is 1. The number of rotatable bonds is 5. The van der Waals surface area contributed by atoms with Gasteiger partial charge in [-0.25, -0.2) is 17.5 Å². The zero-order valence-electron chi connectivity index (χ0n) is 15.6. The molecule has 3 atom stereocenters. The maximum absolute atomic E-state index is 13.9. The number of hydrogen-bond acceptors (Lipinski definition) is 3. The Kier molecular flexibility index (Phi) is 4.97. The normalized spacial score (nSPS) is 24.4. The van der Waals surface area contributed by atoms with Crippen molar-refractivity contribution in [3.05, 3.63) is 59.9 Å². The Balaban J connectivity index is 1.48. The van der Waals surface area contributed by atoms with Crippen molar-refractivity contribution in [3.8, 4) is 11.1 Å². The number of halogens is 1. The largest absolute Gasteiger partial charge is 0.341 e. The van der Waals surface area contributed by atoms with Crippen LogP contribution >= 0.6 is 0 Å². The van der Waals surface area contributed by atoms with Crippen LogP contribution in [0.5, 0.6) is 0 Å². The zero-order valence-corrected chi connectivity index (χ0v) is 16.5. The summed E-state index contributed by atoms with van der Waals surface area (Å²) in [4.78, 5) is 14.6. The van der Waals surface area contributed by atoms with Crippen LogP contribution in [0.15, 0.2) is 48.5 Å². The molecule has 0 bridgehead atoms. The van der Waals surface area contributed by atoms with Gasteiger partial charge in [-0.3, -0.25) is 4.79 Å². The van der Waals surface area contributed by atoms with Crippen LogP contribution in [0.4, 0.5) is 4.39 Å². The molecule has 1 aliphatic heterocycles. The minimum Gasteiger partial charge on any atom is -0.341 e. The molecule has 1 N–H and O–H groups in total. The molecule has 7 heteroatoms. The second-order valence-electron chi connectivity index (χ2n) is 7.71. The molecule has 1 saturated heterocycles. The van der Waals surface area contributed by atoms with Gasteiger partial charge < -0.3 is 4.90 Å². The second kappa shape index (κ2) is 7.29. The first kappa shape index (κ1) is 19.1. The third-order valence-corrected chi connectivity index (χ3v) is 6.25. The third-order valence-electron chi connectivity index (χ3n) is 5.49. The fourth-order valence-electron chi connectivity index (χ4n) is 4.13. The molecule has 0 aromatic heterocycles. The topological polar surface area (TPSA) is 66.5 Å². The highest BCUT2D eigenvalue weighted by Gasteiger charge is 2.47. The number of sulfonamides is 1. The standard InChI is InChI=1S/C21H23FN2O3S/c1-28(26,27)23-16-9-10-24(13-16)21(25)20-12-19(20)17-8-7-15(22)11-18(17)14-5-3-2-4-6-14/h2-8,11,16,19-20,23H,9-10,12-13H2,1H3/t16-,19+,20-/m1/s1. The summed E-state index contributed by atoms with van der Waals surface area (Å²) >= 11 is 0. The highest BCUT2D eigenvalue weighted by molar-refractivity contribution is 7.88. The maximum atomic E-state index is 13.9. The molecule has 0 radical (unpaired) electrons. The summed E-state index contributed by atoms with van der Waals surface area (Å²) in [5, 5.41) is 0. The number of amides is 1. The number of carbonyl (C=O) groups excluding carboxylic acids is 1. The summed E-state index contributed by atoms with van der Waals surface area (Å²) in [6.45, 7) is 0.967.